The van der Waals surface area contributed by atoms with Crippen LogP contribution >= 0.6 is 11.6 Å². The summed E-state index contributed by atoms with van der Waals surface area (Å²) in [5.74, 6) is 1.21. The topological polar surface area (TPSA) is 82.2 Å². The lowest BCUT2D eigenvalue weighted by atomic mass is 10.1. The Balaban J connectivity index is 1.56. The maximum Gasteiger partial charge on any atom is 0.433 e. The number of alkyl halides is 3. The van der Waals surface area contributed by atoms with Gasteiger partial charge in [0.15, 0.2) is 5.69 Å². The van der Waals surface area contributed by atoms with Crippen molar-refractivity contribution in [3.8, 4) is 22.7 Å². The lowest BCUT2D eigenvalue weighted by molar-refractivity contribution is -0.141. The minimum absolute atomic E-state index is 0.0700. The molecule has 0 radical (unpaired) electrons. The van der Waals surface area contributed by atoms with Crippen LogP contribution in [0.2, 0.25) is 5.02 Å². The van der Waals surface area contributed by atoms with Crippen molar-refractivity contribution < 1.29 is 17.9 Å². The van der Waals surface area contributed by atoms with E-state index in [-0.39, 0.29) is 17.4 Å². The highest BCUT2D eigenvalue weighted by Crippen LogP contribution is 2.33. The second-order valence-corrected chi connectivity index (χ2v) is 7.97. The monoisotopic (exact) mass is 499 g/mol. The van der Waals surface area contributed by atoms with Gasteiger partial charge in [-0.3, -0.25) is 0 Å². The van der Waals surface area contributed by atoms with Crippen molar-refractivity contribution in [2.45, 2.75) is 13.1 Å². The molecule has 0 aliphatic heterocycles. The summed E-state index contributed by atoms with van der Waals surface area (Å²) in [6.45, 7) is 1.87. The van der Waals surface area contributed by atoms with Crippen LogP contribution in [0.5, 0.6) is 5.75 Å². The molecule has 3 heterocycles. The molecule has 35 heavy (non-hydrogen) atoms. The summed E-state index contributed by atoms with van der Waals surface area (Å²) in [7, 11) is 1.54. The number of nitrogens with zero attached hydrogens (tertiary/aromatic N) is 6. The van der Waals surface area contributed by atoms with E-state index in [1.807, 2.05) is 23.8 Å². The molecule has 3 aromatic heterocycles. The van der Waals surface area contributed by atoms with Crippen LogP contribution in [0.1, 0.15) is 11.5 Å². The fourth-order valence-corrected chi connectivity index (χ4v) is 3.73. The van der Waals surface area contributed by atoms with Crippen LogP contribution in [-0.4, -0.2) is 36.2 Å². The van der Waals surface area contributed by atoms with E-state index in [0.717, 1.165) is 17.6 Å². The molecule has 8 nitrogen and oxygen atoms in total. The molecule has 2 aromatic carbocycles. The molecule has 0 aliphatic rings. The van der Waals surface area contributed by atoms with Crippen molar-refractivity contribution >= 4 is 29.0 Å². The minimum Gasteiger partial charge on any atom is -0.494 e. The smallest absolute Gasteiger partial charge is 0.433 e. The third-order valence-corrected chi connectivity index (χ3v) is 5.52. The van der Waals surface area contributed by atoms with Gasteiger partial charge in [0, 0.05) is 34.7 Å². The Hall–Kier alpha value is -4.12. The molecule has 5 rings (SSSR count). The van der Waals surface area contributed by atoms with Crippen LogP contribution in [0.15, 0.2) is 60.9 Å². The Morgan fingerprint density at radius 1 is 1.03 bits per heavy atom. The van der Waals surface area contributed by atoms with Crippen LogP contribution in [0, 0.1) is 6.92 Å². The predicted molar refractivity (Wildman–Crippen MR) is 124 cm³/mol. The van der Waals surface area contributed by atoms with Gasteiger partial charge in [0.1, 0.15) is 11.6 Å². The van der Waals surface area contributed by atoms with E-state index in [9.17, 15) is 13.2 Å². The normalized spacial score (nSPS) is 11.7. The number of hydrogen-bond acceptors (Lipinski definition) is 6. The molecular formula is C23H17ClF3N7O. The molecule has 12 heteroatoms. The first-order valence-corrected chi connectivity index (χ1v) is 10.7. The summed E-state index contributed by atoms with van der Waals surface area (Å²) >= 11 is 5.94. The van der Waals surface area contributed by atoms with E-state index >= 15 is 0 Å². The van der Waals surface area contributed by atoms with Gasteiger partial charge < -0.3 is 14.6 Å². The van der Waals surface area contributed by atoms with Crippen LogP contribution < -0.4 is 10.1 Å². The molecule has 0 aliphatic carbocycles. The van der Waals surface area contributed by atoms with Gasteiger partial charge in [0.2, 0.25) is 5.95 Å². The zero-order valence-corrected chi connectivity index (χ0v) is 19.1. The first kappa shape index (κ1) is 22.7. The van der Waals surface area contributed by atoms with Crippen molar-refractivity contribution in [1.29, 1.82) is 0 Å². The van der Waals surface area contributed by atoms with Crippen LogP contribution in [0.4, 0.5) is 24.8 Å². The number of aromatic nitrogens is 6. The Bertz CT molecular complexity index is 1530. The molecule has 1 N–H and O–H groups in total. The van der Waals surface area contributed by atoms with E-state index in [1.54, 1.807) is 49.7 Å². The predicted octanol–water partition coefficient (Wildman–Crippen LogP) is 5.71. The maximum absolute atomic E-state index is 13.5. The average molecular weight is 500 g/mol. The number of imidazole rings is 1. The van der Waals surface area contributed by atoms with Crippen LogP contribution in [0.25, 0.3) is 22.7 Å². The number of benzene rings is 2. The molecule has 0 bridgehead atoms. The van der Waals surface area contributed by atoms with Crippen molar-refractivity contribution in [1.82, 2.24) is 29.1 Å². The maximum atomic E-state index is 13.5. The Labute approximate surface area is 202 Å². The number of ether oxygens (including phenoxy) is 1. The first-order chi connectivity index (χ1) is 16.7. The molecular weight excluding hydrogens is 483 g/mol. The van der Waals surface area contributed by atoms with Crippen LogP contribution in [0.3, 0.4) is 0 Å². The third-order valence-electron chi connectivity index (χ3n) is 5.26. The molecule has 0 saturated heterocycles. The molecule has 5 aromatic rings. The Morgan fingerprint density at radius 2 is 1.80 bits per heavy atom. The van der Waals surface area contributed by atoms with Gasteiger partial charge >= 0.3 is 6.18 Å². The number of anilines is 2. The summed E-state index contributed by atoms with van der Waals surface area (Å²) in [4.78, 5) is 12.1. The van der Waals surface area contributed by atoms with Gasteiger partial charge in [-0.2, -0.15) is 22.7 Å². The number of methoxy groups -OCH3 is 1. The third kappa shape index (κ3) is 4.37. The number of rotatable bonds is 5. The second kappa shape index (κ2) is 8.58. The molecule has 0 unspecified atom stereocenters. The highest BCUT2D eigenvalue weighted by atomic mass is 35.5. The van der Waals surface area contributed by atoms with E-state index in [0.29, 0.717) is 22.0 Å². The van der Waals surface area contributed by atoms with Crippen molar-refractivity contribution in [3.63, 3.8) is 0 Å². The lowest BCUT2D eigenvalue weighted by Crippen LogP contribution is -2.11. The summed E-state index contributed by atoms with van der Waals surface area (Å²) in [6, 6.07) is 12.6. The summed E-state index contributed by atoms with van der Waals surface area (Å²) < 4.78 is 49.2. The number of aryl methyl sites for hydroxylation is 1. The van der Waals surface area contributed by atoms with Crippen molar-refractivity contribution in [2.75, 3.05) is 12.4 Å². The number of nitrogens with one attached hydrogen (secondary N) is 1. The average Bonchev–Trinajstić information content (AvgIpc) is 3.43. The largest absolute Gasteiger partial charge is 0.494 e. The lowest BCUT2D eigenvalue weighted by Gasteiger charge is -2.12. The minimum atomic E-state index is -4.66. The number of halogens is 4. The molecule has 0 atom stereocenters. The fourth-order valence-electron chi connectivity index (χ4n) is 3.61. The summed E-state index contributed by atoms with van der Waals surface area (Å²) in [5, 5.41) is 7.82. The summed E-state index contributed by atoms with van der Waals surface area (Å²) in [5.41, 5.74) is 0.921. The van der Waals surface area contributed by atoms with Crippen LogP contribution in [-0.2, 0) is 6.18 Å². The number of hydrogen-bond donors (Lipinski definition) is 1. The quantitative estimate of drug-likeness (QED) is 0.333. The molecule has 0 amide bonds. The highest BCUT2D eigenvalue weighted by molar-refractivity contribution is 6.30. The molecule has 0 spiro atoms. The Morgan fingerprint density at radius 3 is 2.46 bits per heavy atom. The highest BCUT2D eigenvalue weighted by Gasteiger charge is 2.34. The van der Waals surface area contributed by atoms with Crippen molar-refractivity contribution in [2.24, 2.45) is 0 Å². The summed E-state index contributed by atoms with van der Waals surface area (Å²) in [6.07, 6.45) is -1.16. The Kier molecular flexibility index (Phi) is 5.56. The number of fused-ring (bicyclic) bond motifs is 1. The second-order valence-electron chi connectivity index (χ2n) is 7.53. The standard InChI is InChI=1S/C23H17ClF3N7O/c1-13-28-9-10-33(13)17-8-7-16(11-19(17)35-2)29-21-31-22-30-20(23(25,26)27)12-18(34(22)32-21)14-3-5-15(24)6-4-14/h3-12H,1-2H3,(H,29,32). The SMILES string of the molecule is COc1cc(Nc2nc3nc(C(F)(F)F)cc(-c4ccc(Cl)cc4)n3n2)ccc1-n1ccnc1C. The van der Waals surface area contributed by atoms with Gasteiger partial charge in [-0.05, 0) is 37.3 Å². The zero-order valence-electron chi connectivity index (χ0n) is 18.4. The molecule has 178 valence electrons. The fraction of sp³-hybridized carbons (Fsp3) is 0.130. The van der Waals surface area contributed by atoms with Gasteiger partial charge in [-0.15, -0.1) is 5.10 Å². The van der Waals surface area contributed by atoms with Gasteiger partial charge in [0.25, 0.3) is 5.78 Å². The van der Waals surface area contributed by atoms with E-state index in [4.69, 9.17) is 16.3 Å². The van der Waals surface area contributed by atoms with E-state index in [1.165, 1.54) is 4.52 Å². The first-order valence-electron chi connectivity index (χ1n) is 10.3. The van der Waals surface area contributed by atoms with E-state index < -0.39 is 11.9 Å². The zero-order chi connectivity index (χ0) is 24.7. The van der Waals surface area contributed by atoms with Gasteiger partial charge in [-0.25, -0.2) is 9.97 Å². The van der Waals surface area contributed by atoms with Crippen molar-refractivity contribution in [3.05, 3.63) is 77.5 Å². The van der Waals surface area contributed by atoms with Gasteiger partial charge in [0.05, 0.1) is 18.5 Å². The molecule has 0 fully saturated rings. The van der Waals surface area contributed by atoms with E-state index in [2.05, 4.69) is 25.4 Å². The van der Waals surface area contributed by atoms with Gasteiger partial charge in [-0.1, -0.05) is 23.7 Å². The molecule has 0 saturated carbocycles.